The molecule has 0 radical (unpaired) electrons. The van der Waals surface area contributed by atoms with E-state index in [2.05, 4.69) is 198 Å². The van der Waals surface area contributed by atoms with Crippen LogP contribution in [0.25, 0.3) is 0 Å². The second-order valence-corrected chi connectivity index (χ2v) is 36.2. The number of aliphatic hydroxyl groups is 1. The Hall–Kier alpha value is -10.9. The summed E-state index contributed by atoms with van der Waals surface area (Å²) >= 11 is 30.1. The summed E-state index contributed by atoms with van der Waals surface area (Å²) < 4.78 is 36.9. The van der Waals surface area contributed by atoms with E-state index in [1.807, 2.05) is 231 Å². The van der Waals surface area contributed by atoms with Crippen molar-refractivity contribution in [1.82, 2.24) is 0 Å². The van der Waals surface area contributed by atoms with Crippen LogP contribution in [0, 0.1) is 34.6 Å². The SMILES string of the molecule is Cc1ccc(C(=O)CCCCOC(c2ccccc2)c2ccc(Cl)cc2)cc1.Cc1ccc(C(O)CCCCOC(c2ccccc2)c2ccc(Cl)cc2)cc1.Cc1ccc(CCCCCOC(c2ccccc2)c2ccc(Cl)cc2)cc1.Cc1ccc(CCCCOC(c2ccccc2)c2ccc(Cl)cc2)cc1.Cc1ccc(COCCOC(c2ccccc2)c2ccc(Cl)cc2)cc1. The molecule has 6 unspecified atom stereocenters. The van der Waals surface area contributed by atoms with E-state index in [1.165, 1.54) is 68.5 Å². The predicted octanol–water partition coefficient (Wildman–Crippen LogP) is 33.4. The number of aryl methyl sites for hydroxylation is 7. The second-order valence-electron chi connectivity index (χ2n) is 34.0. The molecule has 0 amide bonds. The summed E-state index contributed by atoms with van der Waals surface area (Å²) in [5.41, 5.74) is 23.3. The lowest BCUT2D eigenvalue weighted by atomic mass is 10.0. The molecule has 0 aliphatic carbocycles. The maximum atomic E-state index is 12.3. The molecule has 1 N–H and O–H groups in total. The van der Waals surface area contributed by atoms with E-state index < -0.39 is 6.10 Å². The maximum Gasteiger partial charge on any atom is 0.162 e. The summed E-state index contributed by atoms with van der Waals surface area (Å²) in [6.45, 7) is 14.8. The van der Waals surface area contributed by atoms with Gasteiger partial charge in [-0.3, -0.25) is 4.79 Å². The average Bonchev–Trinajstić information content (AvgIpc) is 0.858. The van der Waals surface area contributed by atoms with Crippen molar-refractivity contribution in [2.24, 2.45) is 0 Å². The molecule has 0 saturated heterocycles. The normalized spacial score (nSPS) is 12.3. The molecule has 0 aliphatic heterocycles. The van der Waals surface area contributed by atoms with Gasteiger partial charge in [0.05, 0.1) is 25.9 Å². The summed E-state index contributed by atoms with van der Waals surface area (Å²) in [5.74, 6) is 0.192. The third-order valence-electron chi connectivity index (χ3n) is 23.1. The number of Topliss-reactive ketones (excluding diaryl/α,β-unsaturated/α-hetero) is 1. The fourth-order valence-electron chi connectivity index (χ4n) is 15.4. The Morgan fingerprint density at radius 2 is 0.474 bits per heavy atom. The van der Waals surface area contributed by atoms with Gasteiger partial charge in [-0.15, -0.1) is 0 Å². The van der Waals surface area contributed by atoms with Gasteiger partial charge in [-0.2, -0.15) is 0 Å². The van der Waals surface area contributed by atoms with Crippen LogP contribution < -0.4 is 0 Å². The fourth-order valence-corrected chi connectivity index (χ4v) is 16.0. The summed E-state index contributed by atoms with van der Waals surface area (Å²) in [6.07, 6.45) is 11.7. The van der Waals surface area contributed by atoms with Gasteiger partial charge in [0.25, 0.3) is 0 Å². The molecule has 0 saturated carbocycles. The molecule has 13 heteroatoms. The number of aliphatic hydroxyl groups excluding tert-OH is 1. The Kier molecular flexibility index (Phi) is 45.9. The number of ether oxygens (including phenoxy) is 6. The first kappa shape index (κ1) is 105. The highest BCUT2D eigenvalue weighted by Crippen LogP contribution is 2.35. The first-order valence-corrected chi connectivity index (χ1v) is 49.0. The van der Waals surface area contributed by atoms with Crippen molar-refractivity contribution in [3.63, 3.8) is 0 Å². The third kappa shape index (κ3) is 38.0. The van der Waals surface area contributed by atoms with Gasteiger partial charge in [0, 0.05) is 63.5 Å². The molecule has 0 heterocycles. The monoisotopic (exact) mass is 1890 g/mol. The highest BCUT2D eigenvalue weighted by molar-refractivity contribution is 6.31. The zero-order valence-corrected chi connectivity index (χ0v) is 82.1. The van der Waals surface area contributed by atoms with Gasteiger partial charge in [0.2, 0.25) is 0 Å². The van der Waals surface area contributed by atoms with Crippen molar-refractivity contribution in [2.75, 3.05) is 39.6 Å². The van der Waals surface area contributed by atoms with E-state index >= 15 is 0 Å². The number of carbonyl (C=O) groups is 1. The number of hydrogen-bond donors (Lipinski definition) is 1. The minimum absolute atomic E-state index is 0.0411. The Morgan fingerprint density at radius 3 is 0.785 bits per heavy atom. The number of benzene rings is 15. The summed E-state index contributed by atoms with van der Waals surface area (Å²) in [5, 5.41) is 14.0. The van der Waals surface area contributed by atoms with Crippen LogP contribution in [0.2, 0.25) is 25.1 Å². The van der Waals surface area contributed by atoms with Gasteiger partial charge in [-0.05, 0) is 244 Å². The molecular weight excluding hydrogens is 1770 g/mol. The van der Waals surface area contributed by atoms with Gasteiger partial charge in [-0.25, -0.2) is 0 Å². The van der Waals surface area contributed by atoms with Crippen molar-refractivity contribution in [3.8, 4) is 0 Å². The van der Waals surface area contributed by atoms with Crippen molar-refractivity contribution in [1.29, 1.82) is 0 Å². The highest BCUT2D eigenvalue weighted by atomic mass is 35.5. The standard InChI is InChI=1S/C25H27ClO2.C25H25ClO2.C25H27ClO.C24H25ClO.C23H23ClO2/c2*1-19-10-12-20(13-11-19)24(27)9-5-6-18-28-25(21-7-3-2-4-8-21)22-14-16-23(26)17-15-22;1-20-11-13-21(14-12-20)8-4-3-7-19-27-25(22-9-5-2-6-10-22)23-15-17-24(26)18-16-23;1-19-10-12-20(13-11-19)7-5-6-18-26-24(21-8-3-2-4-9-21)22-14-16-23(25)17-15-22;1-18-7-9-19(10-8-18)17-25-15-16-26-23(20-5-3-2-4-6-20)21-11-13-22(24)14-12-21/h2-4,7-8,10-17,24-25,27H,5-6,9,18H2,1H3;2-4,7-8,10-17,25H,5-6,9,18H2,1H3;2,5-6,9-18,25H,3-4,7-8,19H2,1H3;2-4,8-17,24H,5-7,18H2,1H3;2-14,23H,15-17H2,1H3. The highest BCUT2D eigenvalue weighted by Gasteiger charge is 2.21. The smallest absolute Gasteiger partial charge is 0.162 e. The molecular formula is C122H127Cl5O8. The Morgan fingerprint density at radius 1 is 0.237 bits per heavy atom. The lowest BCUT2D eigenvalue weighted by Crippen LogP contribution is -2.11. The van der Waals surface area contributed by atoms with Crippen molar-refractivity contribution >= 4 is 63.8 Å². The zero-order chi connectivity index (χ0) is 94.8. The minimum Gasteiger partial charge on any atom is -0.388 e. The van der Waals surface area contributed by atoms with E-state index in [9.17, 15) is 9.90 Å². The zero-order valence-electron chi connectivity index (χ0n) is 78.3. The van der Waals surface area contributed by atoms with Crippen LogP contribution in [0.3, 0.4) is 0 Å². The van der Waals surface area contributed by atoms with Crippen molar-refractivity contribution in [3.05, 3.63) is 531 Å². The van der Waals surface area contributed by atoms with Gasteiger partial charge >= 0.3 is 0 Å². The molecule has 15 aromatic rings. The Labute approximate surface area is 827 Å². The summed E-state index contributed by atoms with van der Waals surface area (Å²) in [4.78, 5) is 12.3. The molecule has 0 bridgehead atoms. The van der Waals surface area contributed by atoms with E-state index in [0.717, 1.165) is 153 Å². The van der Waals surface area contributed by atoms with Gasteiger partial charge in [0.15, 0.2) is 5.78 Å². The maximum absolute atomic E-state index is 12.3. The van der Waals surface area contributed by atoms with E-state index in [0.29, 0.717) is 44.5 Å². The average molecular weight is 1900 g/mol. The molecule has 0 aliphatic rings. The molecule has 135 heavy (non-hydrogen) atoms. The number of carbonyl (C=O) groups excluding carboxylic acids is 1. The fraction of sp³-hybridized carbons (Fsp3) is 0.254. The lowest BCUT2D eigenvalue weighted by molar-refractivity contribution is 0.0145. The van der Waals surface area contributed by atoms with Crippen LogP contribution in [0.5, 0.6) is 0 Å². The summed E-state index contributed by atoms with van der Waals surface area (Å²) in [6, 6.07) is 133. The largest absolute Gasteiger partial charge is 0.388 e. The van der Waals surface area contributed by atoms with Gasteiger partial charge in [-0.1, -0.05) is 426 Å². The van der Waals surface area contributed by atoms with Gasteiger partial charge in [0.1, 0.15) is 30.5 Å². The topological polar surface area (TPSA) is 92.7 Å². The molecule has 0 aromatic heterocycles. The van der Waals surface area contributed by atoms with E-state index in [4.69, 9.17) is 86.4 Å². The number of hydrogen-bond acceptors (Lipinski definition) is 8. The summed E-state index contributed by atoms with van der Waals surface area (Å²) in [7, 11) is 0. The molecule has 698 valence electrons. The third-order valence-corrected chi connectivity index (χ3v) is 24.4. The van der Waals surface area contributed by atoms with Crippen molar-refractivity contribution < 1.29 is 38.3 Å². The Bertz CT molecular complexity index is 5590. The number of unbranched alkanes of at least 4 members (excludes halogenated alkanes) is 5. The molecule has 8 nitrogen and oxygen atoms in total. The van der Waals surface area contributed by atoms with Gasteiger partial charge < -0.3 is 33.5 Å². The molecule has 15 rings (SSSR count). The van der Waals surface area contributed by atoms with Crippen LogP contribution >= 0.6 is 58.0 Å². The molecule has 15 aromatic carbocycles. The quantitative estimate of drug-likeness (QED) is 0.0298. The van der Waals surface area contributed by atoms with Crippen LogP contribution in [-0.2, 0) is 47.9 Å². The molecule has 6 atom stereocenters. The van der Waals surface area contributed by atoms with Crippen molar-refractivity contribution in [2.45, 2.75) is 161 Å². The Balaban J connectivity index is 0.000000162. The predicted molar refractivity (Wildman–Crippen MR) is 561 cm³/mol. The van der Waals surface area contributed by atoms with Crippen LogP contribution in [0.4, 0.5) is 0 Å². The minimum atomic E-state index is -0.415. The van der Waals surface area contributed by atoms with Crippen LogP contribution in [0.1, 0.15) is 223 Å². The van der Waals surface area contributed by atoms with Crippen LogP contribution in [-0.4, -0.2) is 50.5 Å². The van der Waals surface area contributed by atoms with Crippen LogP contribution in [0.15, 0.2) is 394 Å². The molecule has 0 spiro atoms. The molecule has 0 fully saturated rings. The van der Waals surface area contributed by atoms with E-state index in [-0.39, 0.29) is 36.3 Å². The number of rotatable bonds is 43. The number of ketones is 1. The number of halogens is 5. The van der Waals surface area contributed by atoms with E-state index in [1.54, 1.807) is 0 Å². The lowest BCUT2D eigenvalue weighted by Gasteiger charge is -2.19. The second kappa shape index (κ2) is 59.2. The first-order chi connectivity index (χ1) is 65.9. The first-order valence-electron chi connectivity index (χ1n) is 47.1.